The van der Waals surface area contributed by atoms with Gasteiger partial charge in [-0.2, -0.15) is 9.78 Å². The zero-order valence-corrected chi connectivity index (χ0v) is 18.5. The summed E-state index contributed by atoms with van der Waals surface area (Å²) in [6, 6.07) is 10.2. The van der Waals surface area contributed by atoms with Crippen LogP contribution in [0.1, 0.15) is 0 Å². The molecule has 6 nitrogen and oxygen atoms in total. The quantitative estimate of drug-likeness (QED) is 0.533. The Morgan fingerprint density at radius 2 is 1.75 bits per heavy atom. The van der Waals surface area contributed by atoms with E-state index in [1.807, 2.05) is 23.1 Å². The third-order valence-electron chi connectivity index (χ3n) is 5.25. The lowest BCUT2D eigenvalue weighted by Crippen LogP contribution is -2.48. The normalized spacial score (nSPS) is 14.6. The molecule has 168 valence electrons. The summed E-state index contributed by atoms with van der Waals surface area (Å²) < 4.78 is 33.8. The molecule has 2 aromatic carbocycles. The number of aromatic nitrogens is 2. The minimum absolute atomic E-state index is 0.0563. The lowest BCUT2D eigenvalue weighted by molar-refractivity contribution is 0.200. The second kappa shape index (κ2) is 9.85. The largest absolute Gasteiger partial charge is 0.491 e. The highest BCUT2D eigenvalue weighted by Gasteiger charge is 2.22. The lowest BCUT2D eigenvalue weighted by atomic mass is 10.2. The highest BCUT2D eigenvalue weighted by molar-refractivity contribution is 6.33. The number of para-hydroxylation sites is 1. The van der Waals surface area contributed by atoms with E-state index in [4.69, 9.17) is 27.9 Å². The number of nitrogens with zero attached hydrogens (tertiary/aromatic N) is 4. The molecule has 2 heterocycles. The fourth-order valence-corrected chi connectivity index (χ4v) is 3.97. The molecule has 0 unspecified atom stereocenters. The molecule has 1 saturated heterocycles. The van der Waals surface area contributed by atoms with Gasteiger partial charge in [-0.3, -0.25) is 9.69 Å². The first-order chi connectivity index (χ1) is 15.4. The first kappa shape index (κ1) is 22.5. The van der Waals surface area contributed by atoms with E-state index in [-0.39, 0.29) is 10.7 Å². The molecule has 0 N–H and O–H groups in total. The van der Waals surface area contributed by atoms with Crippen molar-refractivity contribution in [2.75, 3.05) is 44.2 Å². The number of benzene rings is 2. The van der Waals surface area contributed by atoms with E-state index in [9.17, 15) is 13.6 Å². The molecule has 0 saturated carbocycles. The smallest absolute Gasteiger partial charge is 0.292 e. The van der Waals surface area contributed by atoms with E-state index in [0.29, 0.717) is 42.2 Å². The zero-order chi connectivity index (χ0) is 22.7. The van der Waals surface area contributed by atoms with Gasteiger partial charge in [0.1, 0.15) is 28.9 Å². The van der Waals surface area contributed by atoms with Crippen molar-refractivity contribution in [3.05, 3.63) is 80.7 Å². The number of hydrogen-bond acceptors (Lipinski definition) is 5. The lowest BCUT2D eigenvalue weighted by Gasteiger charge is -2.36. The van der Waals surface area contributed by atoms with Gasteiger partial charge in [0.25, 0.3) is 5.56 Å². The van der Waals surface area contributed by atoms with Gasteiger partial charge in [0.15, 0.2) is 5.82 Å². The molecule has 4 rings (SSSR count). The molecular formula is C22H20Cl2F2N4O2. The molecule has 1 aromatic heterocycles. The van der Waals surface area contributed by atoms with Crippen LogP contribution in [0.3, 0.4) is 0 Å². The van der Waals surface area contributed by atoms with Gasteiger partial charge in [0, 0.05) is 38.8 Å². The first-order valence-corrected chi connectivity index (χ1v) is 10.8. The fourth-order valence-electron chi connectivity index (χ4n) is 3.53. The topological polar surface area (TPSA) is 50.6 Å². The second-order valence-electron chi connectivity index (χ2n) is 7.26. The number of piperazine rings is 1. The SMILES string of the molecule is O=c1c(Cl)c(N2CCN(CCOc3ccccc3Cl)CC2)cnn1-c1ccc(F)cc1F. The molecule has 1 fully saturated rings. The fraction of sp³-hybridized carbons (Fsp3) is 0.273. The Morgan fingerprint density at radius 3 is 2.47 bits per heavy atom. The summed E-state index contributed by atoms with van der Waals surface area (Å²) in [4.78, 5) is 16.9. The van der Waals surface area contributed by atoms with Gasteiger partial charge >= 0.3 is 0 Å². The second-order valence-corrected chi connectivity index (χ2v) is 8.05. The Kier molecular flexibility index (Phi) is 6.93. The number of halogens is 4. The molecule has 1 aliphatic rings. The number of rotatable bonds is 6. The summed E-state index contributed by atoms with van der Waals surface area (Å²) in [5, 5.41) is 4.58. The van der Waals surface area contributed by atoms with E-state index in [1.165, 1.54) is 6.20 Å². The molecule has 10 heteroatoms. The third kappa shape index (κ3) is 4.87. The molecule has 0 spiro atoms. The molecule has 0 aliphatic carbocycles. The van der Waals surface area contributed by atoms with Crippen LogP contribution in [0.5, 0.6) is 5.75 Å². The minimum Gasteiger partial charge on any atom is -0.491 e. The van der Waals surface area contributed by atoms with Gasteiger partial charge in [-0.25, -0.2) is 8.78 Å². The molecule has 1 aliphatic heterocycles. The van der Waals surface area contributed by atoms with Crippen LogP contribution in [0.25, 0.3) is 5.69 Å². The van der Waals surface area contributed by atoms with Crippen LogP contribution in [0.2, 0.25) is 10.0 Å². The summed E-state index contributed by atoms with van der Waals surface area (Å²) in [5.41, 5.74) is -0.333. The van der Waals surface area contributed by atoms with Crippen LogP contribution in [0.4, 0.5) is 14.5 Å². The number of anilines is 1. The predicted molar refractivity (Wildman–Crippen MR) is 120 cm³/mol. The van der Waals surface area contributed by atoms with Crippen molar-refractivity contribution < 1.29 is 13.5 Å². The van der Waals surface area contributed by atoms with Crippen LogP contribution in [0.15, 0.2) is 53.5 Å². The zero-order valence-electron chi connectivity index (χ0n) is 17.0. The van der Waals surface area contributed by atoms with Crippen molar-refractivity contribution in [2.45, 2.75) is 0 Å². The Bertz CT molecular complexity index is 1170. The van der Waals surface area contributed by atoms with Crippen LogP contribution < -0.4 is 15.2 Å². The standard InChI is InChI=1S/C22H20Cl2F2N4O2/c23-16-3-1-2-4-20(16)32-12-11-28-7-9-29(10-8-28)19-14-27-30(22(31)21(19)24)18-6-5-15(25)13-17(18)26/h1-6,13-14H,7-12H2. The summed E-state index contributed by atoms with van der Waals surface area (Å²) in [6.07, 6.45) is 1.43. The Labute approximate surface area is 193 Å². The average molecular weight is 481 g/mol. The van der Waals surface area contributed by atoms with Gasteiger partial charge in [-0.15, -0.1) is 0 Å². The van der Waals surface area contributed by atoms with Gasteiger partial charge < -0.3 is 9.64 Å². The van der Waals surface area contributed by atoms with Gasteiger partial charge in [0.2, 0.25) is 0 Å². The molecule has 0 bridgehead atoms. The molecular weight excluding hydrogens is 461 g/mol. The Balaban J connectivity index is 1.38. The highest BCUT2D eigenvalue weighted by atomic mass is 35.5. The van der Waals surface area contributed by atoms with Gasteiger partial charge in [0.05, 0.1) is 16.9 Å². The summed E-state index contributed by atoms with van der Waals surface area (Å²) in [5.74, 6) is -0.975. The van der Waals surface area contributed by atoms with Crippen molar-refractivity contribution in [3.63, 3.8) is 0 Å². The van der Waals surface area contributed by atoms with Crippen LogP contribution in [0, 0.1) is 11.6 Å². The molecule has 3 aromatic rings. The van der Waals surface area contributed by atoms with Crippen molar-refractivity contribution in [1.82, 2.24) is 14.7 Å². The van der Waals surface area contributed by atoms with E-state index >= 15 is 0 Å². The maximum absolute atomic E-state index is 14.1. The molecule has 0 atom stereocenters. The minimum atomic E-state index is -0.893. The maximum Gasteiger partial charge on any atom is 0.292 e. The van der Waals surface area contributed by atoms with Crippen molar-refractivity contribution in [3.8, 4) is 11.4 Å². The summed E-state index contributed by atoms with van der Waals surface area (Å²) in [6.45, 7) is 4.02. The van der Waals surface area contributed by atoms with Gasteiger partial charge in [-0.05, 0) is 24.3 Å². The van der Waals surface area contributed by atoms with Crippen molar-refractivity contribution in [1.29, 1.82) is 0 Å². The molecule has 0 amide bonds. The van der Waals surface area contributed by atoms with Crippen molar-refractivity contribution in [2.24, 2.45) is 0 Å². The average Bonchev–Trinajstić information content (AvgIpc) is 2.78. The van der Waals surface area contributed by atoms with Gasteiger partial charge in [-0.1, -0.05) is 35.3 Å². The third-order valence-corrected chi connectivity index (χ3v) is 5.92. The number of ether oxygens (including phenoxy) is 1. The van der Waals surface area contributed by atoms with E-state index in [0.717, 1.165) is 36.4 Å². The summed E-state index contributed by atoms with van der Waals surface area (Å²) in [7, 11) is 0. The number of hydrogen-bond donors (Lipinski definition) is 0. The van der Waals surface area contributed by atoms with Crippen molar-refractivity contribution >= 4 is 28.9 Å². The first-order valence-electron chi connectivity index (χ1n) is 10.0. The molecule has 0 radical (unpaired) electrons. The maximum atomic E-state index is 14.1. The van der Waals surface area contributed by atoms with E-state index in [2.05, 4.69) is 10.00 Å². The Morgan fingerprint density at radius 1 is 1.00 bits per heavy atom. The van der Waals surface area contributed by atoms with E-state index < -0.39 is 17.2 Å². The predicted octanol–water partition coefficient (Wildman–Crippen LogP) is 4.02. The van der Waals surface area contributed by atoms with Crippen LogP contribution in [-0.4, -0.2) is 54.0 Å². The van der Waals surface area contributed by atoms with Crippen LogP contribution in [-0.2, 0) is 0 Å². The molecule has 32 heavy (non-hydrogen) atoms. The Hall–Kier alpha value is -2.68. The monoisotopic (exact) mass is 480 g/mol. The summed E-state index contributed by atoms with van der Waals surface area (Å²) >= 11 is 12.4. The van der Waals surface area contributed by atoms with E-state index in [1.54, 1.807) is 6.07 Å². The highest BCUT2D eigenvalue weighted by Crippen LogP contribution is 2.25. The van der Waals surface area contributed by atoms with Crippen LogP contribution >= 0.6 is 23.2 Å².